The van der Waals surface area contributed by atoms with Gasteiger partial charge in [0, 0.05) is 31.5 Å². The average molecular weight is 371 g/mol. The quantitative estimate of drug-likeness (QED) is 0.857. The number of aryl methyl sites for hydroxylation is 1. The number of carbonyl (C=O) groups excluding carboxylic acids is 2. The zero-order valence-electron chi connectivity index (χ0n) is 16.8. The minimum Gasteiger partial charge on any atom is -0.353 e. The summed E-state index contributed by atoms with van der Waals surface area (Å²) in [5.41, 5.74) is 1.20. The highest BCUT2D eigenvalue weighted by Gasteiger charge is 2.32. The average Bonchev–Trinajstić information content (AvgIpc) is 2.70. The SMILES string of the molecule is CC1CCCC(NC(=O)C2CCN(C(=O)CCc3ccccc3)CC2)C1C. The van der Waals surface area contributed by atoms with Crippen molar-refractivity contribution < 1.29 is 9.59 Å². The lowest BCUT2D eigenvalue weighted by atomic mass is 9.78. The molecule has 3 unspecified atom stereocenters. The van der Waals surface area contributed by atoms with Gasteiger partial charge in [-0.25, -0.2) is 0 Å². The third-order valence-corrected chi connectivity index (χ3v) is 6.72. The minimum absolute atomic E-state index is 0.0626. The van der Waals surface area contributed by atoms with E-state index in [9.17, 15) is 9.59 Å². The van der Waals surface area contributed by atoms with Gasteiger partial charge in [0.25, 0.3) is 0 Å². The van der Waals surface area contributed by atoms with Crippen LogP contribution in [0.5, 0.6) is 0 Å². The number of amides is 2. The number of benzene rings is 1. The van der Waals surface area contributed by atoms with E-state index in [-0.39, 0.29) is 17.7 Å². The predicted octanol–water partition coefficient (Wildman–Crippen LogP) is 3.80. The van der Waals surface area contributed by atoms with Gasteiger partial charge >= 0.3 is 0 Å². The van der Waals surface area contributed by atoms with E-state index >= 15 is 0 Å². The lowest BCUT2D eigenvalue weighted by Crippen LogP contribution is -2.48. The number of nitrogens with zero attached hydrogens (tertiary/aromatic N) is 1. The monoisotopic (exact) mass is 370 g/mol. The van der Waals surface area contributed by atoms with Crippen LogP contribution < -0.4 is 5.32 Å². The summed E-state index contributed by atoms with van der Waals surface area (Å²) in [7, 11) is 0. The Kier molecular flexibility index (Phi) is 6.92. The van der Waals surface area contributed by atoms with Crippen molar-refractivity contribution in [1.82, 2.24) is 10.2 Å². The number of hydrogen-bond donors (Lipinski definition) is 1. The molecule has 1 heterocycles. The van der Waals surface area contributed by atoms with Crippen molar-refractivity contribution >= 4 is 11.8 Å². The number of likely N-dealkylation sites (tertiary alicyclic amines) is 1. The molecule has 1 saturated heterocycles. The number of nitrogens with one attached hydrogen (secondary N) is 1. The van der Waals surface area contributed by atoms with Crippen molar-refractivity contribution in [3.05, 3.63) is 35.9 Å². The van der Waals surface area contributed by atoms with E-state index in [1.807, 2.05) is 23.1 Å². The van der Waals surface area contributed by atoms with Gasteiger partial charge in [0.2, 0.25) is 11.8 Å². The topological polar surface area (TPSA) is 49.4 Å². The maximum atomic E-state index is 12.7. The van der Waals surface area contributed by atoms with E-state index in [0.29, 0.717) is 37.4 Å². The molecule has 2 fully saturated rings. The Bertz CT molecular complexity index is 623. The normalized spacial score (nSPS) is 26.6. The number of rotatable bonds is 5. The molecule has 3 atom stereocenters. The lowest BCUT2D eigenvalue weighted by Gasteiger charge is -2.37. The predicted molar refractivity (Wildman–Crippen MR) is 108 cm³/mol. The highest BCUT2D eigenvalue weighted by molar-refractivity contribution is 5.80. The van der Waals surface area contributed by atoms with E-state index in [0.717, 1.165) is 25.7 Å². The molecule has 0 bridgehead atoms. The fourth-order valence-corrected chi connectivity index (χ4v) is 4.53. The van der Waals surface area contributed by atoms with Gasteiger partial charge in [-0.2, -0.15) is 0 Å². The van der Waals surface area contributed by atoms with E-state index in [2.05, 4.69) is 31.3 Å². The molecule has 27 heavy (non-hydrogen) atoms. The van der Waals surface area contributed by atoms with Crippen molar-refractivity contribution in [3.8, 4) is 0 Å². The molecule has 0 radical (unpaired) electrons. The van der Waals surface area contributed by atoms with Crippen LogP contribution in [0.2, 0.25) is 0 Å². The molecular formula is C23H34N2O2. The maximum Gasteiger partial charge on any atom is 0.223 e. The van der Waals surface area contributed by atoms with Gasteiger partial charge in [0.1, 0.15) is 0 Å². The second-order valence-corrected chi connectivity index (χ2v) is 8.52. The van der Waals surface area contributed by atoms with E-state index in [1.165, 1.54) is 18.4 Å². The highest BCUT2D eigenvalue weighted by atomic mass is 16.2. The zero-order valence-corrected chi connectivity index (χ0v) is 16.8. The Balaban J connectivity index is 1.41. The van der Waals surface area contributed by atoms with Crippen LogP contribution in [0.3, 0.4) is 0 Å². The number of hydrogen-bond acceptors (Lipinski definition) is 2. The molecule has 2 aliphatic rings. The summed E-state index contributed by atoms with van der Waals surface area (Å²) >= 11 is 0. The molecule has 4 heteroatoms. The molecule has 0 aromatic heterocycles. The first-order chi connectivity index (χ1) is 13.0. The number of piperidine rings is 1. The molecule has 4 nitrogen and oxygen atoms in total. The summed E-state index contributed by atoms with van der Waals surface area (Å²) in [5.74, 6) is 1.73. The third kappa shape index (κ3) is 5.33. The summed E-state index contributed by atoms with van der Waals surface area (Å²) in [6.45, 7) is 5.98. The molecule has 1 aromatic rings. The van der Waals surface area contributed by atoms with Gasteiger partial charge < -0.3 is 10.2 Å². The van der Waals surface area contributed by atoms with Crippen LogP contribution in [-0.4, -0.2) is 35.8 Å². The van der Waals surface area contributed by atoms with E-state index in [4.69, 9.17) is 0 Å². The van der Waals surface area contributed by atoms with Gasteiger partial charge in [-0.3, -0.25) is 9.59 Å². The van der Waals surface area contributed by atoms with Gasteiger partial charge in [0.15, 0.2) is 0 Å². The first kappa shape index (κ1) is 19.9. The van der Waals surface area contributed by atoms with Crippen LogP contribution >= 0.6 is 0 Å². The van der Waals surface area contributed by atoms with Gasteiger partial charge in [-0.05, 0) is 43.1 Å². The van der Waals surface area contributed by atoms with Gasteiger partial charge in [0.05, 0.1) is 0 Å². The molecule has 3 rings (SSSR count). The van der Waals surface area contributed by atoms with Crippen molar-refractivity contribution in [2.75, 3.05) is 13.1 Å². The largest absolute Gasteiger partial charge is 0.353 e. The molecule has 1 aliphatic carbocycles. The molecule has 148 valence electrons. The fraction of sp³-hybridized carbons (Fsp3) is 0.652. The van der Waals surface area contributed by atoms with Crippen LogP contribution in [0.25, 0.3) is 0 Å². The molecule has 1 saturated carbocycles. The first-order valence-electron chi connectivity index (χ1n) is 10.7. The zero-order chi connectivity index (χ0) is 19.2. The van der Waals surface area contributed by atoms with Crippen molar-refractivity contribution in [2.24, 2.45) is 17.8 Å². The van der Waals surface area contributed by atoms with Gasteiger partial charge in [-0.15, -0.1) is 0 Å². The van der Waals surface area contributed by atoms with E-state index < -0.39 is 0 Å². The van der Waals surface area contributed by atoms with Crippen LogP contribution in [0.15, 0.2) is 30.3 Å². The maximum absolute atomic E-state index is 12.7. The molecular weight excluding hydrogens is 336 g/mol. The summed E-state index contributed by atoms with van der Waals surface area (Å²) in [4.78, 5) is 27.1. The smallest absolute Gasteiger partial charge is 0.223 e. The fourth-order valence-electron chi connectivity index (χ4n) is 4.53. The first-order valence-corrected chi connectivity index (χ1v) is 10.7. The molecule has 2 amide bonds. The standard InChI is InChI=1S/C23H34N2O2/c1-17-7-6-10-21(18(17)2)24-23(27)20-13-15-25(16-14-20)22(26)12-11-19-8-4-3-5-9-19/h3-5,8-9,17-18,20-21H,6-7,10-16H2,1-2H3,(H,24,27). The molecule has 0 spiro atoms. The highest BCUT2D eigenvalue weighted by Crippen LogP contribution is 2.30. The van der Waals surface area contributed by atoms with Crippen LogP contribution in [0.1, 0.15) is 57.9 Å². The molecule has 1 aliphatic heterocycles. The van der Waals surface area contributed by atoms with Crippen LogP contribution in [-0.2, 0) is 16.0 Å². The Hall–Kier alpha value is -1.84. The summed E-state index contributed by atoms with van der Waals surface area (Å²) in [6, 6.07) is 10.5. The third-order valence-electron chi connectivity index (χ3n) is 6.72. The Morgan fingerprint density at radius 2 is 1.74 bits per heavy atom. The Labute approximate surface area is 163 Å². The number of carbonyl (C=O) groups is 2. The Morgan fingerprint density at radius 3 is 2.44 bits per heavy atom. The second kappa shape index (κ2) is 9.38. The van der Waals surface area contributed by atoms with Gasteiger partial charge in [-0.1, -0.05) is 57.0 Å². The van der Waals surface area contributed by atoms with Crippen molar-refractivity contribution in [3.63, 3.8) is 0 Å². The molecule has 1 N–H and O–H groups in total. The van der Waals surface area contributed by atoms with Crippen molar-refractivity contribution in [1.29, 1.82) is 0 Å². The summed E-state index contributed by atoms with van der Waals surface area (Å²) in [6.07, 6.45) is 6.52. The molecule has 1 aromatic carbocycles. The Morgan fingerprint density at radius 1 is 1.04 bits per heavy atom. The van der Waals surface area contributed by atoms with Crippen LogP contribution in [0.4, 0.5) is 0 Å². The summed E-state index contributed by atoms with van der Waals surface area (Å²) < 4.78 is 0. The minimum atomic E-state index is 0.0626. The lowest BCUT2D eigenvalue weighted by molar-refractivity contribution is -0.136. The van der Waals surface area contributed by atoms with E-state index in [1.54, 1.807) is 0 Å². The second-order valence-electron chi connectivity index (χ2n) is 8.52. The van der Waals surface area contributed by atoms with Crippen LogP contribution in [0, 0.1) is 17.8 Å². The van der Waals surface area contributed by atoms with Crippen molar-refractivity contribution in [2.45, 2.75) is 64.8 Å². The summed E-state index contributed by atoms with van der Waals surface area (Å²) in [5, 5.41) is 3.32.